The standard InChI is InChI=1S/C14H15NO4S2/c1-10(8-15)19-14(16)12-4-2-3-5-13(12)20-11-6-7-21(17,18)9-11/h2-5,10-11H,6-7,9H2,1H3/t10-,11+/m1/s1. The quantitative estimate of drug-likeness (QED) is 0.788. The van der Waals surface area contributed by atoms with Crippen molar-refractivity contribution in [2.75, 3.05) is 11.5 Å². The van der Waals surface area contributed by atoms with Crippen LogP contribution < -0.4 is 0 Å². The van der Waals surface area contributed by atoms with Crippen molar-refractivity contribution in [1.82, 2.24) is 0 Å². The first-order valence-electron chi connectivity index (χ1n) is 6.48. The van der Waals surface area contributed by atoms with Crippen molar-refractivity contribution in [3.05, 3.63) is 29.8 Å². The van der Waals surface area contributed by atoms with E-state index in [0.29, 0.717) is 16.9 Å². The Hall–Kier alpha value is -1.52. The maximum atomic E-state index is 12.0. The van der Waals surface area contributed by atoms with Crippen LogP contribution in [0.15, 0.2) is 29.2 Å². The average molecular weight is 325 g/mol. The Morgan fingerprint density at radius 3 is 2.81 bits per heavy atom. The van der Waals surface area contributed by atoms with Gasteiger partial charge in [0.25, 0.3) is 0 Å². The second kappa shape index (κ2) is 6.50. The van der Waals surface area contributed by atoms with E-state index in [1.54, 1.807) is 24.3 Å². The summed E-state index contributed by atoms with van der Waals surface area (Å²) in [4.78, 5) is 12.7. The van der Waals surface area contributed by atoms with Crippen molar-refractivity contribution >= 4 is 27.6 Å². The number of carbonyl (C=O) groups excluding carboxylic acids is 1. The van der Waals surface area contributed by atoms with E-state index in [4.69, 9.17) is 10.00 Å². The van der Waals surface area contributed by atoms with Gasteiger partial charge in [-0.15, -0.1) is 11.8 Å². The van der Waals surface area contributed by atoms with Gasteiger partial charge in [-0.05, 0) is 25.5 Å². The third-order valence-corrected chi connectivity index (χ3v) is 6.38. The number of carbonyl (C=O) groups is 1. The molecule has 0 saturated carbocycles. The number of hydrogen-bond donors (Lipinski definition) is 0. The number of nitriles is 1. The van der Waals surface area contributed by atoms with Crippen molar-refractivity contribution in [3.8, 4) is 6.07 Å². The van der Waals surface area contributed by atoms with Crippen LogP contribution in [0.5, 0.6) is 0 Å². The third kappa shape index (κ3) is 4.22. The fourth-order valence-corrected chi connectivity index (χ4v) is 5.64. The Kier molecular flexibility index (Phi) is 4.91. The summed E-state index contributed by atoms with van der Waals surface area (Å²) in [5.41, 5.74) is 0.369. The first-order chi connectivity index (χ1) is 9.91. The van der Waals surface area contributed by atoms with Gasteiger partial charge in [-0.1, -0.05) is 12.1 Å². The van der Waals surface area contributed by atoms with E-state index in [9.17, 15) is 13.2 Å². The number of hydrogen-bond acceptors (Lipinski definition) is 6. The first kappa shape index (κ1) is 15.9. The number of benzene rings is 1. The molecule has 0 radical (unpaired) electrons. The lowest BCUT2D eigenvalue weighted by Crippen LogP contribution is -2.14. The second-order valence-corrected chi connectivity index (χ2v) is 8.39. The molecule has 2 rings (SSSR count). The lowest BCUT2D eigenvalue weighted by molar-refractivity contribution is 0.0431. The van der Waals surface area contributed by atoms with Gasteiger partial charge in [-0.25, -0.2) is 13.2 Å². The van der Waals surface area contributed by atoms with E-state index in [1.807, 2.05) is 6.07 Å². The smallest absolute Gasteiger partial charge is 0.340 e. The molecule has 0 aromatic heterocycles. The highest BCUT2D eigenvalue weighted by atomic mass is 32.2. The number of nitrogens with zero attached hydrogens (tertiary/aromatic N) is 1. The largest absolute Gasteiger partial charge is 0.444 e. The maximum absolute atomic E-state index is 12.0. The molecule has 5 nitrogen and oxygen atoms in total. The summed E-state index contributed by atoms with van der Waals surface area (Å²) >= 11 is 1.38. The summed E-state index contributed by atoms with van der Waals surface area (Å²) < 4.78 is 28.0. The van der Waals surface area contributed by atoms with Crippen LogP contribution >= 0.6 is 11.8 Å². The Labute approximate surface area is 128 Å². The molecule has 0 unspecified atom stereocenters. The van der Waals surface area contributed by atoms with Gasteiger partial charge in [-0.2, -0.15) is 5.26 Å². The van der Waals surface area contributed by atoms with E-state index in [0.717, 1.165) is 0 Å². The Balaban J connectivity index is 2.14. The van der Waals surface area contributed by atoms with Gasteiger partial charge in [0, 0.05) is 10.1 Å². The van der Waals surface area contributed by atoms with Crippen LogP contribution in [0.1, 0.15) is 23.7 Å². The molecule has 1 aromatic carbocycles. The molecule has 1 fully saturated rings. The van der Waals surface area contributed by atoms with Gasteiger partial charge in [0.15, 0.2) is 15.9 Å². The number of rotatable bonds is 4. The van der Waals surface area contributed by atoms with E-state index < -0.39 is 21.9 Å². The van der Waals surface area contributed by atoms with Gasteiger partial charge >= 0.3 is 5.97 Å². The molecular weight excluding hydrogens is 310 g/mol. The van der Waals surface area contributed by atoms with Crippen molar-refractivity contribution in [2.24, 2.45) is 0 Å². The monoisotopic (exact) mass is 325 g/mol. The van der Waals surface area contributed by atoms with Crippen molar-refractivity contribution in [1.29, 1.82) is 5.26 Å². The van der Waals surface area contributed by atoms with Crippen molar-refractivity contribution in [3.63, 3.8) is 0 Å². The van der Waals surface area contributed by atoms with Crippen LogP contribution in [-0.2, 0) is 14.6 Å². The van der Waals surface area contributed by atoms with Gasteiger partial charge in [0.2, 0.25) is 0 Å². The predicted molar refractivity (Wildman–Crippen MR) is 79.8 cm³/mol. The summed E-state index contributed by atoms with van der Waals surface area (Å²) in [6, 6.07) is 8.73. The predicted octanol–water partition coefficient (Wildman–Crippen LogP) is 2.03. The Morgan fingerprint density at radius 1 is 1.48 bits per heavy atom. The zero-order valence-electron chi connectivity index (χ0n) is 11.5. The third-order valence-electron chi connectivity index (χ3n) is 3.06. The molecule has 1 saturated heterocycles. The van der Waals surface area contributed by atoms with Crippen molar-refractivity contribution in [2.45, 2.75) is 29.6 Å². The SMILES string of the molecule is C[C@H](C#N)OC(=O)c1ccccc1S[C@H]1CCS(=O)(=O)C1. The molecular formula is C14H15NO4S2. The molecule has 0 bridgehead atoms. The van der Waals surface area contributed by atoms with E-state index in [-0.39, 0.29) is 16.8 Å². The summed E-state index contributed by atoms with van der Waals surface area (Å²) in [5.74, 6) is -0.230. The van der Waals surface area contributed by atoms with Gasteiger partial charge in [0.05, 0.1) is 17.1 Å². The summed E-state index contributed by atoms with van der Waals surface area (Å²) in [6.07, 6.45) is -0.229. The zero-order chi connectivity index (χ0) is 15.5. The molecule has 0 spiro atoms. The lowest BCUT2D eigenvalue weighted by atomic mass is 10.2. The molecule has 1 aromatic rings. The lowest BCUT2D eigenvalue weighted by Gasteiger charge is -2.12. The van der Waals surface area contributed by atoms with Crippen LogP contribution in [0.2, 0.25) is 0 Å². The molecule has 2 atom stereocenters. The van der Waals surface area contributed by atoms with Crippen LogP contribution in [0.3, 0.4) is 0 Å². The first-order valence-corrected chi connectivity index (χ1v) is 9.18. The molecule has 1 aliphatic rings. The highest BCUT2D eigenvalue weighted by Crippen LogP contribution is 2.33. The van der Waals surface area contributed by atoms with Crippen LogP contribution in [0.25, 0.3) is 0 Å². The Bertz CT molecular complexity index is 678. The summed E-state index contributed by atoms with van der Waals surface area (Å²) in [5, 5.41) is 8.64. The molecule has 112 valence electrons. The number of sulfone groups is 1. The second-order valence-electron chi connectivity index (χ2n) is 4.82. The van der Waals surface area contributed by atoms with E-state index in [1.165, 1.54) is 18.7 Å². The highest BCUT2D eigenvalue weighted by molar-refractivity contribution is 8.02. The number of esters is 1. The van der Waals surface area contributed by atoms with Crippen molar-refractivity contribution < 1.29 is 17.9 Å². The van der Waals surface area contributed by atoms with Gasteiger partial charge in [-0.3, -0.25) is 0 Å². The summed E-state index contributed by atoms with van der Waals surface area (Å²) in [6.45, 7) is 1.50. The van der Waals surface area contributed by atoms with E-state index in [2.05, 4.69) is 0 Å². The summed E-state index contributed by atoms with van der Waals surface area (Å²) in [7, 11) is -2.95. The van der Waals surface area contributed by atoms with Crippen LogP contribution in [-0.4, -0.2) is 37.2 Å². The van der Waals surface area contributed by atoms with Crippen LogP contribution in [0.4, 0.5) is 0 Å². The van der Waals surface area contributed by atoms with E-state index >= 15 is 0 Å². The normalized spacial score (nSPS) is 21.4. The topological polar surface area (TPSA) is 84.2 Å². The van der Waals surface area contributed by atoms with Crippen LogP contribution in [0, 0.1) is 11.3 Å². The number of thioether (sulfide) groups is 1. The molecule has 0 N–H and O–H groups in total. The van der Waals surface area contributed by atoms with Gasteiger partial charge in [0.1, 0.15) is 6.07 Å². The molecule has 1 heterocycles. The zero-order valence-corrected chi connectivity index (χ0v) is 13.1. The minimum atomic E-state index is -2.95. The fourth-order valence-electron chi connectivity index (χ4n) is 2.02. The average Bonchev–Trinajstić information content (AvgIpc) is 2.78. The molecule has 21 heavy (non-hydrogen) atoms. The molecule has 0 amide bonds. The highest BCUT2D eigenvalue weighted by Gasteiger charge is 2.29. The molecule has 0 aliphatic carbocycles. The Morgan fingerprint density at radius 2 is 2.19 bits per heavy atom. The number of ether oxygens (including phenoxy) is 1. The van der Waals surface area contributed by atoms with Gasteiger partial charge < -0.3 is 4.74 Å². The maximum Gasteiger partial charge on any atom is 0.340 e. The molecule has 1 aliphatic heterocycles. The fraction of sp³-hybridized carbons (Fsp3) is 0.429. The molecule has 7 heteroatoms. The minimum Gasteiger partial charge on any atom is -0.444 e. The minimum absolute atomic E-state index is 0.0441.